The van der Waals surface area contributed by atoms with E-state index in [-0.39, 0.29) is 11.5 Å². The average Bonchev–Trinajstić information content (AvgIpc) is 2.64. The fourth-order valence-electron chi connectivity index (χ4n) is 2.35. The molecule has 2 aromatic rings. The minimum Gasteiger partial charge on any atom is -0.507 e. The van der Waals surface area contributed by atoms with E-state index in [1.165, 1.54) is 0 Å². The van der Waals surface area contributed by atoms with Gasteiger partial charge in [-0.3, -0.25) is 9.98 Å². The summed E-state index contributed by atoms with van der Waals surface area (Å²) >= 11 is 0. The summed E-state index contributed by atoms with van der Waals surface area (Å²) in [5, 5.41) is 19.6. The highest BCUT2D eigenvalue weighted by atomic mass is 33.1. The third-order valence-electron chi connectivity index (χ3n) is 3.72. The van der Waals surface area contributed by atoms with Gasteiger partial charge >= 0.3 is 0 Å². The lowest BCUT2D eigenvalue weighted by Crippen LogP contribution is -1.98. The van der Waals surface area contributed by atoms with Crippen LogP contribution in [0.5, 0.6) is 11.5 Å². The monoisotopic (exact) mass is 388 g/mol. The van der Waals surface area contributed by atoms with Crippen LogP contribution in [0.2, 0.25) is 0 Å². The normalized spacial score (nSPS) is 12.4. The van der Waals surface area contributed by atoms with Gasteiger partial charge in [-0.15, -0.1) is 0 Å². The van der Waals surface area contributed by atoms with E-state index in [9.17, 15) is 10.2 Å². The molecule has 0 aliphatic carbocycles. The molecule has 0 aromatic heterocycles. The van der Waals surface area contributed by atoms with E-state index < -0.39 is 0 Å². The molecule has 0 unspecified atom stereocenters. The third kappa shape index (κ3) is 6.42. The van der Waals surface area contributed by atoms with Crippen molar-refractivity contribution in [3.05, 3.63) is 59.7 Å². The second kappa shape index (κ2) is 10.9. The number of hydrogen-bond donors (Lipinski definition) is 2. The summed E-state index contributed by atoms with van der Waals surface area (Å²) in [5.41, 5.74) is 3.30. The number of phenolic OH excluding ortho intramolecular Hbond substituents is 2. The van der Waals surface area contributed by atoms with Crippen LogP contribution in [0.25, 0.3) is 0 Å². The average molecular weight is 389 g/mol. The lowest BCUT2D eigenvalue weighted by molar-refractivity contribution is 0.473. The van der Waals surface area contributed by atoms with Gasteiger partial charge in [-0.05, 0) is 38.1 Å². The first-order chi connectivity index (χ1) is 12.6. The Balaban J connectivity index is 1.65. The van der Waals surface area contributed by atoms with Gasteiger partial charge in [0.1, 0.15) is 11.5 Å². The topological polar surface area (TPSA) is 65.2 Å². The Kier molecular flexibility index (Phi) is 8.58. The summed E-state index contributed by atoms with van der Waals surface area (Å²) in [6.07, 6.45) is 0. The fraction of sp³-hybridized carbons (Fsp3) is 0.300. The molecule has 0 bridgehead atoms. The van der Waals surface area contributed by atoms with Gasteiger partial charge in [0.05, 0.1) is 0 Å². The molecule has 26 heavy (non-hydrogen) atoms. The van der Waals surface area contributed by atoms with Crippen molar-refractivity contribution >= 4 is 33.0 Å². The lowest BCUT2D eigenvalue weighted by atomic mass is 10.1. The molecule has 4 nitrogen and oxygen atoms in total. The maximum absolute atomic E-state index is 9.81. The molecule has 0 radical (unpaired) electrons. The van der Waals surface area contributed by atoms with Crippen molar-refractivity contribution in [3.8, 4) is 11.5 Å². The molecule has 2 aromatic carbocycles. The van der Waals surface area contributed by atoms with Crippen molar-refractivity contribution in [2.75, 3.05) is 24.6 Å². The van der Waals surface area contributed by atoms with Crippen LogP contribution in [0.3, 0.4) is 0 Å². The first-order valence-corrected chi connectivity index (χ1v) is 10.9. The molecule has 0 fully saturated rings. The second-order valence-corrected chi connectivity index (χ2v) is 8.31. The minimum atomic E-state index is 0.272. The zero-order chi connectivity index (χ0) is 18.8. The molecule has 2 rings (SSSR count). The Morgan fingerprint density at radius 3 is 1.50 bits per heavy atom. The minimum absolute atomic E-state index is 0.272. The van der Waals surface area contributed by atoms with Crippen molar-refractivity contribution in [1.29, 1.82) is 0 Å². The number of benzene rings is 2. The van der Waals surface area contributed by atoms with Gasteiger partial charge in [-0.25, -0.2) is 0 Å². The molecule has 0 aliphatic heterocycles. The highest BCUT2D eigenvalue weighted by molar-refractivity contribution is 8.76. The number of para-hydroxylation sites is 2. The highest BCUT2D eigenvalue weighted by Gasteiger charge is 2.03. The van der Waals surface area contributed by atoms with Crippen LogP contribution in [0.1, 0.15) is 25.0 Å². The van der Waals surface area contributed by atoms with Gasteiger partial charge in [0.2, 0.25) is 0 Å². The molecule has 0 spiro atoms. The van der Waals surface area contributed by atoms with E-state index in [2.05, 4.69) is 9.98 Å². The molecular weight excluding hydrogens is 364 g/mol. The number of aromatic hydroxyl groups is 2. The molecule has 0 saturated heterocycles. The van der Waals surface area contributed by atoms with E-state index in [0.717, 1.165) is 47.1 Å². The Morgan fingerprint density at radius 2 is 1.12 bits per heavy atom. The van der Waals surface area contributed by atoms with Crippen LogP contribution in [-0.4, -0.2) is 46.2 Å². The maximum atomic E-state index is 9.81. The Labute approximate surface area is 162 Å². The van der Waals surface area contributed by atoms with Gasteiger partial charge in [0.15, 0.2) is 0 Å². The van der Waals surface area contributed by atoms with E-state index in [4.69, 9.17) is 0 Å². The predicted octanol–water partition coefficient (Wildman–Crippen LogP) is 4.80. The van der Waals surface area contributed by atoms with Crippen LogP contribution in [0, 0.1) is 0 Å². The molecule has 0 aliphatic rings. The SMILES string of the molecule is CC(=NCCSSCCN=C(C)c1ccccc1O)c1ccccc1O. The predicted molar refractivity (Wildman–Crippen MR) is 115 cm³/mol. The van der Waals surface area contributed by atoms with Crippen molar-refractivity contribution in [2.24, 2.45) is 9.98 Å². The Bertz CT molecular complexity index is 710. The van der Waals surface area contributed by atoms with Gasteiger partial charge in [0, 0.05) is 47.1 Å². The van der Waals surface area contributed by atoms with Crippen LogP contribution < -0.4 is 0 Å². The van der Waals surface area contributed by atoms with Gasteiger partial charge in [-0.1, -0.05) is 45.9 Å². The third-order valence-corrected chi connectivity index (χ3v) is 6.08. The first-order valence-electron chi connectivity index (χ1n) is 8.43. The second-order valence-electron chi connectivity index (χ2n) is 5.61. The van der Waals surface area contributed by atoms with E-state index in [1.54, 1.807) is 33.7 Å². The number of phenols is 2. The zero-order valence-electron chi connectivity index (χ0n) is 15.1. The van der Waals surface area contributed by atoms with Crippen molar-refractivity contribution in [2.45, 2.75) is 13.8 Å². The van der Waals surface area contributed by atoms with Crippen LogP contribution in [0.15, 0.2) is 58.5 Å². The molecule has 0 atom stereocenters. The summed E-state index contributed by atoms with van der Waals surface area (Å²) in [4.78, 5) is 9.04. The Hall–Kier alpha value is -1.92. The van der Waals surface area contributed by atoms with Gasteiger partial charge in [0.25, 0.3) is 0 Å². The molecule has 6 heteroatoms. The summed E-state index contributed by atoms with van der Waals surface area (Å²) in [6.45, 7) is 5.28. The zero-order valence-corrected chi connectivity index (χ0v) is 16.7. The van der Waals surface area contributed by atoms with Crippen molar-refractivity contribution < 1.29 is 10.2 Å². The summed E-state index contributed by atoms with van der Waals surface area (Å²) in [7, 11) is 3.55. The van der Waals surface area contributed by atoms with Crippen LogP contribution >= 0.6 is 21.6 Å². The van der Waals surface area contributed by atoms with Crippen LogP contribution in [-0.2, 0) is 0 Å². The van der Waals surface area contributed by atoms with Crippen molar-refractivity contribution in [1.82, 2.24) is 0 Å². The van der Waals surface area contributed by atoms with Gasteiger partial charge < -0.3 is 10.2 Å². The Morgan fingerprint density at radius 1 is 0.731 bits per heavy atom. The quantitative estimate of drug-likeness (QED) is 0.368. The van der Waals surface area contributed by atoms with Crippen molar-refractivity contribution in [3.63, 3.8) is 0 Å². The molecule has 0 amide bonds. The smallest absolute Gasteiger partial charge is 0.124 e. The molecule has 0 saturated carbocycles. The molecular formula is C20H24N2O2S2. The highest BCUT2D eigenvalue weighted by Crippen LogP contribution is 2.22. The molecule has 2 N–H and O–H groups in total. The summed E-state index contributed by atoms with van der Waals surface area (Å²) in [5.74, 6) is 2.37. The summed E-state index contributed by atoms with van der Waals surface area (Å²) < 4.78 is 0. The van der Waals surface area contributed by atoms with Gasteiger partial charge in [-0.2, -0.15) is 0 Å². The van der Waals surface area contributed by atoms with E-state index in [0.29, 0.717) is 0 Å². The standard InChI is InChI=1S/C20H24N2O2S2/c1-15(17-7-3-5-9-19(17)23)21-11-13-25-26-14-12-22-16(2)18-8-4-6-10-20(18)24/h3-10,23-24H,11-14H2,1-2H3. The number of nitrogens with zero attached hydrogens (tertiary/aromatic N) is 2. The fourth-order valence-corrected chi connectivity index (χ4v) is 4.07. The van der Waals surface area contributed by atoms with E-state index >= 15 is 0 Å². The number of hydrogen-bond acceptors (Lipinski definition) is 6. The molecule has 138 valence electrons. The maximum Gasteiger partial charge on any atom is 0.124 e. The van der Waals surface area contributed by atoms with Crippen LogP contribution in [0.4, 0.5) is 0 Å². The summed E-state index contributed by atoms with van der Waals surface area (Å²) in [6, 6.07) is 14.5. The molecule has 0 heterocycles. The lowest BCUT2D eigenvalue weighted by Gasteiger charge is -2.04. The number of aliphatic imine (C=N–C) groups is 2. The van der Waals surface area contributed by atoms with E-state index in [1.807, 2.05) is 50.2 Å². The first kappa shape index (κ1) is 20.4. The number of rotatable bonds is 9. The largest absolute Gasteiger partial charge is 0.507 e.